The van der Waals surface area contributed by atoms with Crippen LogP contribution in [0.3, 0.4) is 0 Å². The quantitative estimate of drug-likeness (QED) is 0.739. The molecule has 0 aliphatic heterocycles. The average Bonchev–Trinajstić information content (AvgIpc) is 3.30. The molecule has 0 atom stereocenters. The van der Waals surface area contributed by atoms with Crippen LogP contribution in [-0.4, -0.2) is 5.11 Å². The molecule has 5 fully saturated rings. The van der Waals surface area contributed by atoms with Crippen LogP contribution in [0.5, 0.6) is 0 Å². The number of hydrogen-bond acceptors (Lipinski definition) is 1. The summed E-state index contributed by atoms with van der Waals surface area (Å²) in [5.41, 5.74) is 5.26. The number of aliphatic hydroxyl groups is 1. The van der Waals surface area contributed by atoms with E-state index in [1.165, 1.54) is 69.8 Å². The molecule has 0 saturated heterocycles. The minimum Gasteiger partial charge on any atom is -0.511 e. The van der Waals surface area contributed by atoms with Gasteiger partial charge in [-0.1, -0.05) is 0 Å². The summed E-state index contributed by atoms with van der Waals surface area (Å²) in [6.07, 6.45) is 13.9. The minimum absolute atomic E-state index is 0.178. The average molecular weight is 282 g/mol. The van der Waals surface area contributed by atoms with Gasteiger partial charge in [0.25, 0.3) is 0 Å². The highest BCUT2D eigenvalue weighted by Gasteiger charge is 2.66. The van der Waals surface area contributed by atoms with Crippen LogP contribution in [0.25, 0.3) is 0 Å². The van der Waals surface area contributed by atoms with E-state index >= 15 is 0 Å². The van der Waals surface area contributed by atoms with Crippen molar-refractivity contribution in [2.45, 2.75) is 64.2 Å². The van der Waals surface area contributed by atoms with Gasteiger partial charge in [0, 0.05) is 0 Å². The van der Waals surface area contributed by atoms with Crippen molar-refractivity contribution < 1.29 is 5.11 Å². The second kappa shape index (κ2) is 3.60. The van der Waals surface area contributed by atoms with Gasteiger partial charge >= 0.3 is 0 Å². The molecular formula is C20H26O. The van der Waals surface area contributed by atoms with Gasteiger partial charge in [-0.15, -0.1) is 0 Å². The summed E-state index contributed by atoms with van der Waals surface area (Å²) in [4.78, 5) is 0. The maximum Gasteiger partial charge on any atom is 0.107 e. The van der Waals surface area contributed by atoms with Crippen molar-refractivity contribution in [1.29, 1.82) is 0 Å². The monoisotopic (exact) mass is 282 g/mol. The fraction of sp³-hybridized carbons (Fsp3) is 0.800. The maximum atomic E-state index is 11.5. The van der Waals surface area contributed by atoms with Crippen LogP contribution in [0, 0.1) is 35.0 Å². The number of allylic oxidation sites excluding steroid dienone is 3. The topological polar surface area (TPSA) is 20.2 Å². The molecular weight excluding hydrogens is 256 g/mol. The van der Waals surface area contributed by atoms with Gasteiger partial charge in [0.1, 0.15) is 5.76 Å². The Morgan fingerprint density at radius 1 is 0.619 bits per heavy atom. The van der Waals surface area contributed by atoms with Crippen molar-refractivity contribution in [3.63, 3.8) is 0 Å². The highest BCUT2D eigenvalue weighted by atomic mass is 16.3. The zero-order chi connectivity index (χ0) is 13.8. The molecule has 0 aromatic carbocycles. The van der Waals surface area contributed by atoms with Gasteiger partial charge in [-0.3, -0.25) is 0 Å². The van der Waals surface area contributed by atoms with Crippen LogP contribution in [0.1, 0.15) is 64.2 Å². The lowest BCUT2D eigenvalue weighted by Crippen LogP contribution is -2.30. The molecule has 6 aliphatic carbocycles. The van der Waals surface area contributed by atoms with Crippen molar-refractivity contribution >= 4 is 0 Å². The fourth-order valence-electron chi connectivity index (χ4n) is 5.61. The summed E-state index contributed by atoms with van der Waals surface area (Å²) in [5, 5.41) is 11.5. The third kappa shape index (κ3) is 1.48. The number of hydrogen-bond donors (Lipinski definition) is 1. The summed E-state index contributed by atoms with van der Waals surface area (Å²) >= 11 is 0. The molecule has 1 N–H and O–H groups in total. The van der Waals surface area contributed by atoms with Crippen molar-refractivity contribution in [1.82, 2.24) is 0 Å². The molecule has 0 radical (unpaired) electrons. The van der Waals surface area contributed by atoms with Gasteiger partial charge in [0.2, 0.25) is 0 Å². The summed E-state index contributed by atoms with van der Waals surface area (Å²) in [6.45, 7) is 0. The van der Waals surface area contributed by atoms with E-state index in [1.807, 2.05) is 5.57 Å². The first-order valence-corrected chi connectivity index (χ1v) is 9.50. The van der Waals surface area contributed by atoms with E-state index in [1.54, 1.807) is 5.57 Å². The summed E-state index contributed by atoms with van der Waals surface area (Å²) in [6, 6.07) is 0. The smallest absolute Gasteiger partial charge is 0.107 e. The molecule has 0 bridgehead atoms. The van der Waals surface area contributed by atoms with Crippen molar-refractivity contribution in [3.8, 4) is 0 Å². The molecule has 112 valence electrons. The standard InChI is InChI=1S/C20H26O/c21-19-17(12-3-4-12)16(11-1-2-11)18(13-5-6-13)20(19,14-7-8-14)15-9-10-15/h11-15,21H,1-10H2. The zero-order valence-corrected chi connectivity index (χ0v) is 12.9. The highest BCUT2D eigenvalue weighted by Crippen LogP contribution is 2.74. The Bertz CT molecular complexity index is 563. The first-order chi connectivity index (χ1) is 10.3. The minimum atomic E-state index is 0.178. The normalized spacial score (nSPS) is 35.8. The second-order valence-corrected chi connectivity index (χ2v) is 8.83. The largest absolute Gasteiger partial charge is 0.511 e. The Morgan fingerprint density at radius 3 is 1.52 bits per heavy atom. The second-order valence-electron chi connectivity index (χ2n) is 8.83. The van der Waals surface area contributed by atoms with Gasteiger partial charge in [0.15, 0.2) is 0 Å². The Kier molecular flexibility index (Phi) is 2.02. The zero-order valence-electron chi connectivity index (χ0n) is 12.9. The molecule has 0 amide bonds. The lowest BCUT2D eigenvalue weighted by Gasteiger charge is -2.34. The summed E-state index contributed by atoms with van der Waals surface area (Å²) in [5.74, 6) is 5.00. The highest BCUT2D eigenvalue weighted by molar-refractivity contribution is 5.59. The van der Waals surface area contributed by atoms with Crippen LogP contribution in [0.2, 0.25) is 0 Å². The van der Waals surface area contributed by atoms with E-state index in [0.717, 1.165) is 35.3 Å². The van der Waals surface area contributed by atoms with Gasteiger partial charge < -0.3 is 5.11 Å². The maximum absolute atomic E-state index is 11.5. The van der Waals surface area contributed by atoms with Gasteiger partial charge in [-0.05, 0) is 111 Å². The first-order valence-electron chi connectivity index (χ1n) is 9.50. The van der Waals surface area contributed by atoms with E-state index in [-0.39, 0.29) is 5.41 Å². The molecule has 1 nitrogen and oxygen atoms in total. The Morgan fingerprint density at radius 2 is 1.10 bits per heavy atom. The van der Waals surface area contributed by atoms with Crippen molar-refractivity contribution in [2.24, 2.45) is 35.0 Å². The van der Waals surface area contributed by atoms with Gasteiger partial charge in [0.05, 0.1) is 5.41 Å². The van der Waals surface area contributed by atoms with Crippen LogP contribution >= 0.6 is 0 Å². The lowest BCUT2D eigenvalue weighted by atomic mass is 9.69. The van der Waals surface area contributed by atoms with Crippen LogP contribution in [0.15, 0.2) is 22.5 Å². The number of rotatable bonds is 5. The molecule has 0 spiro atoms. The SMILES string of the molecule is OC1=C(C2CC2)C(C2CC2)=C(C2CC2)C1(C1CC1)C1CC1. The van der Waals surface area contributed by atoms with Crippen LogP contribution < -0.4 is 0 Å². The van der Waals surface area contributed by atoms with Crippen LogP contribution in [-0.2, 0) is 0 Å². The Labute approximate surface area is 127 Å². The van der Waals surface area contributed by atoms with E-state index in [2.05, 4.69) is 0 Å². The molecule has 0 unspecified atom stereocenters. The predicted octanol–water partition coefficient (Wildman–Crippen LogP) is 5.15. The molecule has 5 saturated carbocycles. The fourth-order valence-corrected chi connectivity index (χ4v) is 5.61. The third-order valence-corrected chi connectivity index (χ3v) is 7.07. The Hall–Kier alpha value is -0.720. The van der Waals surface area contributed by atoms with E-state index in [0.29, 0.717) is 0 Å². The molecule has 0 aromatic heterocycles. The molecule has 6 rings (SSSR count). The van der Waals surface area contributed by atoms with Crippen LogP contribution in [0.4, 0.5) is 0 Å². The van der Waals surface area contributed by atoms with Gasteiger partial charge in [-0.2, -0.15) is 0 Å². The van der Waals surface area contributed by atoms with Crippen molar-refractivity contribution in [2.75, 3.05) is 0 Å². The predicted molar refractivity (Wildman–Crippen MR) is 82.7 cm³/mol. The molecule has 1 heteroatoms. The summed E-state index contributed by atoms with van der Waals surface area (Å²) in [7, 11) is 0. The van der Waals surface area contributed by atoms with E-state index in [4.69, 9.17) is 0 Å². The van der Waals surface area contributed by atoms with Crippen molar-refractivity contribution in [3.05, 3.63) is 22.5 Å². The molecule has 0 aromatic rings. The first kappa shape index (κ1) is 11.8. The summed E-state index contributed by atoms with van der Waals surface area (Å²) < 4.78 is 0. The molecule has 21 heavy (non-hydrogen) atoms. The number of aliphatic hydroxyl groups excluding tert-OH is 1. The Balaban J connectivity index is 1.60. The third-order valence-electron chi connectivity index (χ3n) is 7.07. The molecule has 0 heterocycles. The van der Waals surface area contributed by atoms with Gasteiger partial charge in [-0.25, -0.2) is 0 Å². The van der Waals surface area contributed by atoms with E-state index in [9.17, 15) is 5.11 Å². The lowest BCUT2D eigenvalue weighted by molar-refractivity contribution is 0.194. The van der Waals surface area contributed by atoms with E-state index < -0.39 is 0 Å². The molecule has 6 aliphatic rings.